The lowest BCUT2D eigenvalue weighted by atomic mass is 10.4. The fraction of sp³-hybridized carbons (Fsp3) is 0.400. The first-order chi connectivity index (χ1) is 7.13. The van der Waals surface area contributed by atoms with Gasteiger partial charge in [0.1, 0.15) is 5.15 Å². The lowest BCUT2D eigenvalue weighted by molar-refractivity contribution is -0.119. The molecule has 2 N–H and O–H groups in total. The number of hydrogen-bond donors (Lipinski definition) is 1. The average Bonchev–Trinajstić information content (AvgIpc) is 3.01. The second kappa shape index (κ2) is 5.56. The third-order valence-corrected chi connectivity index (χ3v) is 2.09. The van der Waals surface area contributed by atoms with Crippen LogP contribution in [0.1, 0.15) is 12.8 Å². The highest BCUT2D eigenvalue weighted by Gasteiger charge is 2.26. The zero-order valence-electron chi connectivity index (χ0n) is 8.44. The van der Waals surface area contributed by atoms with Gasteiger partial charge in [0.15, 0.2) is 0 Å². The highest BCUT2D eigenvalue weighted by molar-refractivity contribution is 6.29. The minimum absolute atomic E-state index is 0.130. The van der Waals surface area contributed by atoms with Gasteiger partial charge in [-0.1, -0.05) is 17.7 Å². The van der Waals surface area contributed by atoms with Crippen molar-refractivity contribution in [3.8, 4) is 5.88 Å². The number of amides is 1. The van der Waals surface area contributed by atoms with Gasteiger partial charge in [0.05, 0.1) is 7.11 Å². The van der Waals surface area contributed by atoms with Crippen LogP contribution in [0, 0.1) is 5.92 Å². The van der Waals surface area contributed by atoms with Crippen LogP contribution in [0.15, 0.2) is 18.2 Å². The number of methoxy groups -OCH3 is 1. The molecule has 0 radical (unpaired) electrons. The van der Waals surface area contributed by atoms with E-state index in [2.05, 4.69) is 4.98 Å². The summed E-state index contributed by atoms with van der Waals surface area (Å²) in [6, 6.07) is 5.23. The van der Waals surface area contributed by atoms with E-state index in [9.17, 15) is 4.79 Å². The summed E-state index contributed by atoms with van der Waals surface area (Å²) in [7, 11) is 1.55. The summed E-state index contributed by atoms with van der Waals surface area (Å²) >= 11 is 5.53. The van der Waals surface area contributed by atoms with Gasteiger partial charge in [0.25, 0.3) is 0 Å². The predicted octanol–water partition coefficient (Wildman–Crippen LogP) is 1.63. The predicted molar refractivity (Wildman–Crippen MR) is 57.7 cm³/mol. The SMILES string of the molecule is COc1cccc(Cl)n1.NC(=O)C1CC1. The number of rotatable bonds is 2. The molecule has 4 nitrogen and oxygen atoms in total. The lowest BCUT2D eigenvalue weighted by Crippen LogP contribution is -2.11. The first kappa shape index (κ1) is 11.8. The molecule has 1 aromatic heterocycles. The molecule has 0 unspecified atom stereocenters. The molecule has 5 heteroatoms. The monoisotopic (exact) mass is 228 g/mol. The maximum atomic E-state index is 9.98. The van der Waals surface area contributed by atoms with Crippen LogP contribution >= 0.6 is 11.6 Å². The second-order valence-corrected chi connectivity index (χ2v) is 3.57. The van der Waals surface area contributed by atoms with Gasteiger partial charge in [-0.2, -0.15) is 0 Å². The van der Waals surface area contributed by atoms with E-state index in [1.54, 1.807) is 25.3 Å². The number of hydrogen-bond acceptors (Lipinski definition) is 3. The van der Waals surface area contributed by atoms with Crippen molar-refractivity contribution in [2.45, 2.75) is 12.8 Å². The molecule has 82 valence electrons. The van der Waals surface area contributed by atoms with Crippen molar-refractivity contribution in [3.63, 3.8) is 0 Å². The molecule has 1 saturated carbocycles. The Morgan fingerprint density at radius 2 is 2.27 bits per heavy atom. The van der Waals surface area contributed by atoms with Crippen LogP contribution in [0.25, 0.3) is 0 Å². The number of primary amides is 1. The van der Waals surface area contributed by atoms with Crippen molar-refractivity contribution >= 4 is 17.5 Å². The zero-order valence-corrected chi connectivity index (χ0v) is 9.20. The summed E-state index contributed by atoms with van der Waals surface area (Å²) in [6.45, 7) is 0. The molecule has 1 amide bonds. The quantitative estimate of drug-likeness (QED) is 0.783. The summed E-state index contributed by atoms with van der Waals surface area (Å²) in [5, 5.41) is 0.453. The summed E-state index contributed by atoms with van der Waals surface area (Å²) in [6.07, 6.45) is 2.05. The smallest absolute Gasteiger partial charge is 0.220 e. The van der Waals surface area contributed by atoms with Crippen LogP contribution in [0.5, 0.6) is 5.88 Å². The van der Waals surface area contributed by atoms with Gasteiger partial charge in [-0.25, -0.2) is 4.98 Å². The van der Waals surface area contributed by atoms with Crippen molar-refractivity contribution in [2.75, 3.05) is 7.11 Å². The third-order valence-electron chi connectivity index (χ3n) is 1.88. The maximum Gasteiger partial charge on any atom is 0.220 e. The number of aromatic nitrogens is 1. The second-order valence-electron chi connectivity index (χ2n) is 3.18. The van der Waals surface area contributed by atoms with E-state index in [0.29, 0.717) is 11.0 Å². The molecule has 0 aromatic carbocycles. The number of halogens is 1. The fourth-order valence-electron chi connectivity index (χ4n) is 0.871. The Kier molecular flexibility index (Phi) is 4.37. The Labute approximate surface area is 93.4 Å². The van der Waals surface area contributed by atoms with Gasteiger partial charge in [-0.05, 0) is 18.9 Å². The van der Waals surface area contributed by atoms with E-state index in [1.165, 1.54) is 0 Å². The van der Waals surface area contributed by atoms with E-state index < -0.39 is 0 Å². The zero-order chi connectivity index (χ0) is 11.3. The molecule has 1 aliphatic rings. The van der Waals surface area contributed by atoms with Gasteiger partial charge >= 0.3 is 0 Å². The summed E-state index contributed by atoms with van der Waals surface area (Å²) in [5.41, 5.74) is 4.86. The molecule has 1 fully saturated rings. The van der Waals surface area contributed by atoms with Gasteiger partial charge in [-0.3, -0.25) is 4.79 Å². The van der Waals surface area contributed by atoms with Crippen LogP contribution in [0.3, 0.4) is 0 Å². The molecule has 0 bridgehead atoms. The highest BCUT2D eigenvalue weighted by atomic mass is 35.5. The Balaban J connectivity index is 0.000000162. The number of nitrogens with zero attached hydrogens (tertiary/aromatic N) is 1. The summed E-state index contributed by atoms with van der Waals surface area (Å²) < 4.78 is 4.80. The normalized spacial score (nSPS) is 13.7. The Bertz CT molecular complexity index is 340. The maximum absolute atomic E-state index is 9.98. The van der Waals surface area contributed by atoms with E-state index in [1.807, 2.05) is 0 Å². The highest BCUT2D eigenvalue weighted by Crippen LogP contribution is 2.27. The average molecular weight is 229 g/mol. The largest absolute Gasteiger partial charge is 0.481 e. The van der Waals surface area contributed by atoms with E-state index in [0.717, 1.165) is 12.8 Å². The van der Waals surface area contributed by atoms with Crippen LogP contribution < -0.4 is 10.5 Å². The Morgan fingerprint density at radius 1 is 1.60 bits per heavy atom. The number of ether oxygens (including phenoxy) is 1. The van der Waals surface area contributed by atoms with E-state index in [-0.39, 0.29) is 11.8 Å². The fourth-order valence-corrected chi connectivity index (χ4v) is 1.03. The van der Waals surface area contributed by atoms with Crippen LogP contribution in [-0.4, -0.2) is 18.0 Å². The molecular weight excluding hydrogens is 216 g/mol. The Hall–Kier alpha value is -1.29. The first-order valence-corrected chi connectivity index (χ1v) is 4.97. The molecule has 0 spiro atoms. The molecule has 15 heavy (non-hydrogen) atoms. The van der Waals surface area contributed by atoms with Crippen molar-refractivity contribution in [2.24, 2.45) is 11.7 Å². The van der Waals surface area contributed by atoms with Crippen molar-refractivity contribution in [1.82, 2.24) is 4.98 Å². The lowest BCUT2D eigenvalue weighted by Gasteiger charge is -1.95. The van der Waals surface area contributed by atoms with E-state index in [4.69, 9.17) is 22.1 Å². The van der Waals surface area contributed by atoms with Gasteiger partial charge in [0, 0.05) is 12.0 Å². The molecule has 0 aliphatic heterocycles. The molecule has 0 atom stereocenters. The van der Waals surface area contributed by atoms with Gasteiger partial charge in [0.2, 0.25) is 11.8 Å². The van der Waals surface area contributed by atoms with Crippen molar-refractivity contribution in [1.29, 1.82) is 0 Å². The number of carbonyl (C=O) groups is 1. The molecular formula is C10H13ClN2O2. The van der Waals surface area contributed by atoms with Gasteiger partial charge < -0.3 is 10.5 Å². The number of nitrogens with two attached hydrogens (primary N) is 1. The van der Waals surface area contributed by atoms with Crippen LogP contribution in [0.4, 0.5) is 0 Å². The first-order valence-electron chi connectivity index (χ1n) is 4.59. The minimum atomic E-state index is -0.130. The number of carbonyl (C=O) groups excluding carboxylic acids is 1. The van der Waals surface area contributed by atoms with Gasteiger partial charge in [-0.15, -0.1) is 0 Å². The standard InChI is InChI=1S/C6H6ClNO.C4H7NO/c1-9-6-4-2-3-5(7)8-6;5-4(6)3-1-2-3/h2-4H,1H3;3H,1-2H2,(H2,5,6). The van der Waals surface area contributed by atoms with Crippen LogP contribution in [-0.2, 0) is 4.79 Å². The molecule has 1 aliphatic carbocycles. The number of pyridine rings is 1. The van der Waals surface area contributed by atoms with E-state index >= 15 is 0 Å². The molecule has 1 heterocycles. The van der Waals surface area contributed by atoms with Crippen molar-refractivity contribution < 1.29 is 9.53 Å². The Morgan fingerprint density at radius 3 is 2.53 bits per heavy atom. The topological polar surface area (TPSA) is 65.2 Å². The molecule has 1 aromatic rings. The minimum Gasteiger partial charge on any atom is -0.481 e. The molecule has 0 saturated heterocycles. The van der Waals surface area contributed by atoms with Crippen molar-refractivity contribution in [3.05, 3.63) is 23.4 Å². The van der Waals surface area contributed by atoms with Crippen LogP contribution in [0.2, 0.25) is 5.15 Å². The summed E-state index contributed by atoms with van der Waals surface area (Å²) in [5.74, 6) is 0.655. The molecule has 2 rings (SSSR count). The third kappa shape index (κ3) is 4.65. The summed E-state index contributed by atoms with van der Waals surface area (Å²) in [4.78, 5) is 13.8.